The van der Waals surface area contributed by atoms with Crippen LogP contribution in [-0.4, -0.2) is 54.7 Å². The van der Waals surface area contributed by atoms with Crippen LogP contribution in [0.25, 0.3) is 0 Å². The number of amides is 2. The normalized spacial score (nSPS) is 14.8. The van der Waals surface area contributed by atoms with Crippen molar-refractivity contribution in [3.8, 4) is 0 Å². The van der Waals surface area contributed by atoms with Crippen molar-refractivity contribution < 1.29 is 14.7 Å². The topological polar surface area (TPSA) is 72.9 Å². The minimum Gasteiger partial charge on any atom is -0.481 e. The molecule has 2 amide bonds. The first kappa shape index (κ1) is 16.4. The highest BCUT2D eigenvalue weighted by Crippen LogP contribution is 2.25. The quantitative estimate of drug-likeness (QED) is 0.887. The van der Waals surface area contributed by atoms with Crippen molar-refractivity contribution in [2.24, 2.45) is 0 Å². The Balaban J connectivity index is 1.86. The Morgan fingerprint density at radius 3 is 2.59 bits per heavy atom. The van der Waals surface area contributed by atoms with Gasteiger partial charge in [0, 0.05) is 43.4 Å². The first-order chi connectivity index (χ1) is 10.5. The van der Waals surface area contributed by atoms with Crippen LogP contribution < -0.4 is 10.2 Å². The molecule has 0 unspecified atom stereocenters. The lowest BCUT2D eigenvalue weighted by Gasteiger charge is -2.36. The molecule has 0 atom stereocenters. The van der Waals surface area contributed by atoms with Gasteiger partial charge in [-0.3, -0.25) is 4.79 Å². The Morgan fingerprint density at radius 1 is 1.27 bits per heavy atom. The number of carbonyl (C=O) groups is 2. The number of urea groups is 1. The van der Waals surface area contributed by atoms with Crippen LogP contribution in [0.1, 0.15) is 12.0 Å². The fraction of sp³-hybridized carbons (Fsp3) is 0.467. The molecule has 7 heteroatoms. The molecule has 0 bridgehead atoms. The summed E-state index contributed by atoms with van der Waals surface area (Å²) in [6.07, 6.45) is -0.0621. The third-order valence-corrected chi connectivity index (χ3v) is 3.93. The average molecular weight is 326 g/mol. The molecule has 1 fully saturated rings. The Bertz CT molecular complexity index is 557. The third-order valence-electron chi connectivity index (χ3n) is 3.69. The van der Waals surface area contributed by atoms with Gasteiger partial charge in [0.05, 0.1) is 6.42 Å². The number of aryl methyl sites for hydroxylation is 1. The Hall–Kier alpha value is -1.95. The van der Waals surface area contributed by atoms with E-state index < -0.39 is 5.97 Å². The van der Waals surface area contributed by atoms with E-state index in [1.54, 1.807) is 4.90 Å². The van der Waals surface area contributed by atoms with Gasteiger partial charge in [-0.2, -0.15) is 0 Å². The van der Waals surface area contributed by atoms with Crippen molar-refractivity contribution in [1.82, 2.24) is 10.2 Å². The van der Waals surface area contributed by atoms with Crippen LogP contribution in [-0.2, 0) is 4.79 Å². The number of aliphatic carboxylic acids is 1. The number of rotatable bonds is 4. The summed E-state index contributed by atoms with van der Waals surface area (Å²) in [5.41, 5.74) is 2.25. The van der Waals surface area contributed by atoms with Gasteiger partial charge in [-0.25, -0.2) is 4.79 Å². The van der Waals surface area contributed by atoms with Gasteiger partial charge in [0.1, 0.15) is 0 Å². The maximum Gasteiger partial charge on any atom is 0.317 e. The van der Waals surface area contributed by atoms with Gasteiger partial charge in [0.15, 0.2) is 0 Å². The number of anilines is 1. The minimum absolute atomic E-state index is 0.0621. The number of hydrogen-bond donors (Lipinski definition) is 2. The molecule has 0 saturated carbocycles. The molecule has 0 aromatic heterocycles. The second-order valence-corrected chi connectivity index (χ2v) is 5.72. The molecular formula is C15H20ClN3O3. The largest absolute Gasteiger partial charge is 0.481 e. The van der Waals surface area contributed by atoms with Gasteiger partial charge in [-0.1, -0.05) is 17.7 Å². The number of halogens is 1. The van der Waals surface area contributed by atoms with E-state index in [0.717, 1.165) is 24.3 Å². The molecule has 0 radical (unpaired) electrons. The fourth-order valence-electron chi connectivity index (χ4n) is 2.46. The maximum absolute atomic E-state index is 11.9. The zero-order chi connectivity index (χ0) is 16.1. The molecule has 0 aliphatic carbocycles. The predicted molar refractivity (Wildman–Crippen MR) is 85.6 cm³/mol. The highest BCUT2D eigenvalue weighted by Gasteiger charge is 2.22. The molecule has 2 rings (SSSR count). The first-order valence-electron chi connectivity index (χ1n) is 7.23. The maximum atomic E-state index is 11.9. The summed E-state index contributed by atoms with van der Waals surface area (Å²) < 4.78 is 0. The Morgan fingerprint density at radius 2 is 1.95 bits per heavy atom. The van der Waals surface area contributed by atoms with Crippen LogP contribution in [0.4, 0.5) is 10.5 Å². The van der Waals surface area contributed by atoms with E-state index in [9.17, 15) is 9.59 Å². The minimum atomic E-state index is -0.915. The zero-order valence-corrected chi connectivity index (χ0v) is 13.3. The summed E-state index contributed by atoms with van der Waals surface area (Å²) in [6.45, 7) is 4.86. The van der Waals surface area contributed by atoms with E-state index in [0.29, 0.717) is 18.1 Å². The average Bonchev–Trinajstić information content (AvgIpc) is 2.49. The van der Waals surface area contributed by atoms with E-state index in [-0.39, 0.29) is 19.0 Å². The molecule has 6 nitrogen and oxygen atoms in total. The molecule has 1 aromatic rings. The molecule has 1 saturated heterocycles. The summed E-state index contributed by atoms with van der Waals surface area (Å²) in [5.74, 6) is -0.915. The zero-order valence-electron chi connectivity index (χ0n) is 12.5. The molecule has 1 aliphatic heterocycles. The van der Waals surface area contributed by atoms with Crippen molar-refractivity contribution in [3.05, 3.63) is 28.8 Å². The summed E-state index contributed by atoms with van der Waals surface area (Å²) in [5, 5.41) is 11.9. The van der Waals surface area contributed by atoms with E-state index in [4.69, 9.17) is 16.7 Å². The van der Waals surface area contributed by atoms with Crippen molar-refractivity contribution >= 4 is 29.3 Å². The molecule has 0 spiro atoms. The number of benzene rings is 1. The second-order valence-electron chi connectivity index (χ2n) is 5.28. The van der Waals surface area contributed by atoms with Crippen LogP contribution in [0.2, 0.25) is 5.02 Å². The smallest absolute Gasteiger partial charge is 0.317 e. The van der Waals surface area contributed by atoms with Crippen LogP contribution in [0.3, 0.4) is 0 Å². The lowest BCUT2D eigenvalue weighted by atomic mass is 10.1. The number of carboxylic acid groups (broad SMARTS) is 1. The summed E-state index contributed by atoms with van der Waals surface area (Å²) in [4.78, 5) is 26.3. The molecule has 120 valence electrons. The van der Waals surface area contributed by atoms with Crippen LogP contribution in [0.15, 0.2) is 18.2 Å². The predicted octanol–water partition coefficient (Wildman–Crippen LogP) is 1.95. The molecule has 22 heavy (non-hydrogen) atoms. The Labute approximate surface area is 134 Å². The van der Waals surface area contributed by atoms with Gasteiger partial charge in [0.25, 0.3) is 0 Å². The summed E-state index contributed by atoms with van der Waals surface area (Å²) >= 11 is 6.05. The van der Waals surface area contributed by atoms with Crippen LogP contribution in [0.5, 0.6) is 0 Å². The standard InChI is InChI=1S/C15H20ClN3O3/c1-11-2-3-12(16)10-13(11)18-6-8-19(9-7-18)15(22)17-5-4-14(20)21/h2-3,10H,4-9H2,1H3,(H,17,22)(H,20,21). The molecule has 1 heterocycles. The SMILES string of the molecule is Cc1ccc(Cl)cc1N1CCN(C(=O)NCCC(=O)O)CC1. The van der Waals surface area contributed by atoms with Crippen molar-refractivity contribution in [2.45, 2.75) is 13.3 Å². The first-order valence-corrected chi connectivity index (χ1v) is 7.61. The highest BCUT2D eigenvalue weighted by molar-refractivity contribution is 6.30. The second kappa shape index (κ2) is 7.35. The fourth-order valence-corrected chi connectivity index (χ4v) is 2.63. The van der Waals surface area contributed by atoms with Gasteiger partial charge in [-0.05, 0) is 24.6 Å². The van der Waals surface area contributed by atoms with Crippen LogP contribution in [0, 0.1) is 6.92 Å². The number of nitrogens with one attached hydrogen (secondary N) is 1. The number of hydrogen-bond acceptors (Lipinski definition) is 3. The van der Waals surface area contributed by atoms with Gasteiger partial charge in [0.2, 0.25) is 0 Å². The lowest BCUT2D eigenvalue weighted by molar-refractivity contribution is -0.136. The summed E-state index contributed by atoms with van der Waals surface area (Å²) in [6, 6.07) is 5.60. The van der Waals surface area contributed by atoms with Gasteiger partial charge in [-0.15, -0.1) is 0 Å². The van der Waals surface area contributed by atoms with Crippen molar-refractivity contribution in [2.75, 3.05) is 37.6 Å². The van der Waals surface area contributed by atoms with E-state index in [1.165, 1.54) is 0 Å². The monoisotopic (exact) mass is 325 g/mol. The molecule has 2 N–H and O–H groups in total. The molecular weight excluding hydrogens is 306 g/mol. The van der Waals surface area contributed by atoms with Gasteiger partial charge < -0.3 is 20.2 Å². The highest BCUT2D eigenvalue weighted by atomic mass is 35.5. The van der Waals surface area contributed by atoms with Gasteiger partial charge >= 0.3 is 12.0 Å². The summed E-state index contributed by atoms with van der Waals surface area (Å²) in [7, 11) is 0. The van der Waals surface area contributed by atoms with E-state index >= 15 is 0 Å². The Kier molecular flexibility index (Phi) is 5.49. The van der Waals surface area contributed by atoms with Crippen molar-refractivity contribution in [3.63, 3.8) is 0 Å². The number of piperazine rings is 1. The number of carbonyl (C=O) groups excluding carboxylic acids is 1. The number of carboxylic acids is 1. The lowest BCUT2D eigenvalue weighted by Crippen LogP contribution is -2.52. The van der Waals surface area contributed by atoms with Crippen LogP contribution >= 0.6 is 11.6 Å². The van der Waals surface area contributed by atoms with E-state index in [2.05, 4.69) is 10.2 Å². The number of nitrogens with zero attached hydrogens (tertiary/aromatic N) is 2. The molecule has 1 aliphatic rings. The third kappa shape index (κ3) is 4.27. The van der Waals surface area contributed by atoms with E-state index in [1.807, 2.05) is 25.1 Å². The van der Waals surface area contributed by atoms with Crippen molar-refractivity contribution in [1.29, 1.82) is 0 Å². The molecule has 1 aromatic carbocycles.